The first-order valence-electron chi connectivity index (χ1n) is 2.63. The fourth-order valence-corrected chi connectivity index (χ4v) is 0. The molecule has 0 rings (SSSR count). The molecule has 0 spiro atoms. The Morgan fingerprint density at radius 3 is 1.38 bits per heavy atom. The van der Waals surface area contributed by atoms with Gasteiger partial charge in [-0.2, -0.15) is 0 Å². The van der Waals surface area contributed by atoms with Crippen LogP contribution >= 0.6 is 22.6 Å². The van der Waals surface area contributed by atoms with Crippen molar-refractivity contribution in [3.05, 3.63) is 0 Å². The van der Waals surface area contributed by atoms with Gasteiger partial charge in [0.25, 0.3) is 0 Å². The minimum absolute atomic E-state index is 0. The van der Waals surface area contributed by atoms with Crippen LogP contribution in [0.3, 0.4) is 0 Å². The summed E-state index contributed by atoms with van der Waals surface area (Å²) in [5.41, 5.74) is 0. The van der Waals surface area contributed by atoms with Gasteiger partial charge in [-0.3, -0.25) is 0 Å². The molecule has 0 aliphatic carbocycles. The average Bonchev–Trinajstić information content (AvgIpc) is 1.31. The van der Waals surface area contributed by atoms with Gasteiger partial charge >= 0.3 is 0 Å². The Hall–Kier alpha value is 0.690. The highest BCUT2D eigenvalue weighted by molar-refractivity contribution is 14.1. The molecule has 0 fully saturated rings. The second-order valence-corrected chi connectivity index (χ2v) is 5.50. The standard InChI is InChI=1S/C6H13I.H3N/c1-5(2)6(3,4)7;/h5H,1-4H3;1H3. The average molecular weight is 229 g/mol. The maximum absolute atomic E-state index is 2.47. The van der Waals surface area contributed by atoms with Crippen LogP contribution in [0.15, 0.2) is 0 Å². The Balaban J connectivity index is 0. The zero-order valence-electron chi connectivity index (χ0n) is 6.16. The molecule has 8 heavy (non-hydrogen) atoms. The first-order valence-corrected chi connectivity index (χ1v) is 3.71. The summed E-state index contributed by atoms with van der Waals surface area (Å²) in [7, 11) is 0. The molecular formula is C6H16IN. The second kappa shape index (κ2) is 3.67. The monoisotopic (exact) mass is 229 g/mol. The van der Waals surface area contributed by atoms with Gasteiger partial charge in [0, 0.05) is 3.42 Å². The molecule has 0 bridgehead atoms. The SMILES string of the molecule is CC(C)C(C)(C)I.N. The zero-order chi connectivity index (χ0) is 6.08. The van der Waals surface area contributed by atoms with Gasteiger partial charge < -0.3 is 6.15 Å². The third-order valence-corrected chi connectivity index (χ3v) is 2.62. The van der Waals surface area contributed by atoms with Crippen molar-refractivity contribution in [2.24, 2.45) is 5.92 Å². The number of rotatable bonds is 1. The lowest BCUT2D eigenvalue weighted by atomic mass is 10.0. The Morgan fingerprint density at radius 1 is 1.25 bits per heavy atom. The van der Waals surface area contributed by atoms with E-state index in [0.717, 1.165) is 5.92 Å². The molecule has 52 valence electrons. The molecule has 0 saturated heterocycles. The van der Waals surface area contributed by atoms with Gasteiger partial charge in [0.1, 0.15) is 0 Å². The largest absolute Gasteiger partial charge is 0.344 e. The van der Waals surface area contributed by atoms with E-state index < -0.39 is 0 Å². The summed E-state index contributed by atoms with van der Waals surface area (Å²) in [5.74, 6) is 0.785. The van der Waals surface area contributed by atoms with E-state index in [1.165, 1.54) is 0 Å². The molecule has 0 radical (unpaired) electrons. The van der Waals surface area contributed by atoms with Crippen molar-refractivity contribution in [3.8, 4) is 0 Å². The molecule has 0 amide bonds. The van der Waals surface area contributed by atoms with E-state index in [-0.39, 0.29) is 6.15 Å². The number of hydrogen-bond donors (Lipinski definition) is 1. The van der Waals surface area contributed by atoms with Crippen LogP contribution in [0.1, 0.15) is 27.7 Å². The van der Waals surface area contributed by atoms with Gasteiger partial charge in [-0.05, 0) is 5.92 Å². The molecule has 0 saturated carbocycles. The third-order valence-electron chi connectivity index (χ3n) is 1.37. The summed E-state index contributed by atoms with van der Waals surface area (Å²) < 4.78 is 0.470. The van der Waals surface area contributed by atoms with Crippen LogP contribution in [-0.2, 0) is 0 Å². The van der Waals surface area contributed by atoms with E-state index in [4.69, 9.17) is 0 Å². The minimum Gasteiger partial charge on any atom is -0.344 e. The molecule has 0 aliphatic rings. The van der Waals surface area contributed by atoms with Crippen molar-refractivity contribution in [3.63, 3.8) is 0 Å². The van der Waals surface area contributed by atoms with Crippen molar-refractivity contribution in [1.82, 2.24) is 6.15 Å². The predicted octanol–water partition coefficient (Wildman–Crippen LogP) is 3.02. The highest BCUT2D eigenvalue weighted by atomic mass is 127. The van der Waals surface area contributed by atoms with Crippen molar-refractivity contribution in [1.29, 1.82) is 0 Å². The van der Waals surface area contributed by atoms with E-state index in [1.807, 2.05) is 0 Å². The Bertz CT molecular complexity index is 54.0. The van der Waals surface area contributed by atoms with Crippen molar-refractivity contribution < 1.29 is 0 Å². The van der Waals surface area contributed by atoms with Crippen molar-refractivity contribution in [2.75, 3.05) is 0 Å². The maximum Gasteiger partial charge on any atom is 0.0189 e. The highest BCUT2D eigenvalue weighted by Gasteiger charge is 2.16. The van der Waals surface area contributed by atoms with Crippen LogP contribution in [0.4, 0.5) is 0 Å². The van der Waals surface area contributed by atoms with Gasteiger partial charge in [-0.25, -0.2) is 0 Å². The summed E-state index contributed by atoms with van der Waals surface area (Å²) in [4.78, 5) is 0. The molecule has 0 unspecified atom stereocenters. The normalized spacial score (nSPS) is 11.2. The van der Waals surface area contributed by atoms with Crippen molar-refractivity contribution >= 4 is 22.6 Å². The van der Waals surface area contributed by atoms with E-state index >= 15 is 0 Å². The molecule has 0 aliphatic heterocycles. The second-order valence-electron chi connectivity index (χ2n) is 2.72. The van der Waals surface area contributed by atoms with Crippen LogP contribution in [0.25, 0.3) is 0 Å². The summed E-state index contributed by atoms with van der Waals surface area (Å²) in [6.45, 7) is 8.98. The fraction of sp³-hybridized carbons (Fsp3) is 1.00. The smallest absolute Gasteiger partial charge is 0.0189 e. The summed E-state index contributed by atoms with van der Waals surface area (Å²) >= 11 is 2.47. The predicted molar refractivity (Wildman–Crippen MR) is 48.0 cm³/mol. The Kier molecular flexibility index (Phi) is 5.26. The molecule has 0 aromatic heterocycles. The van der Waals surface area contributed by atoms with E-state index in [0.29, 0.717) is 3.42 Å². The molecule has 1 nitrogen and oxygen atoms in total. The lowest BCUT2D eigenvalue weighted by molar-refractivity contribution is 0.528. The minimum atomic E-state index is 0. The lowest BCUT2D eigenvalue weighted by Crippen LogP contribution is -2.17. The quantitative estimate of drug-likeness (QED) is 0.544. The Labute approximate surface area is 66.0 Å². The van der Waals surface area contributed by atoms with Crippen LogP contribution < -0.4 is 6.15 Å². The highest BCUT2D eigenvalue weighted by Crippen LogP contribution is 2.25. The number of hydrogen-bond acceptors (Lipinski definition) is 1. The van der Waals surface area contributed by atoms with Crippen LogP contribution in [0, 0.1) is 5.92 Å². The maximum atomic E-state index is 2.47. The Morgan fingerprint density at radius 2 is 1.38 bits per heavy atom. The number of halogens is 1. The summed E-state index contributed by atoms with van der Waals surface area (Å²) in [5, 5.41) is 0. The fourth-order valence-electron chi connectivity index (χ4n) is 0. The molecular weight excluding hydrogens is 213 g/mol. The lowest BCUT2D eigenvalue weighted by Gasteiger charge is -2.20. The first kappa shape index (κ1) is 11.5. The van der Waals surface area contributed by atoms with Crippen LogP contribution in [-0.4, -0.2) is 3.42 Å². The van der Waals surface area contributed by atoms with Gasteiger partial charge in [0.15, 0.2) is 0 Å². The molecule has 3 N–H and O–H groups in total. The third kappa shape index (κ3) is 4.84. The van der Waals surface area contributed by atoms with Gasteiger partial charge in [-0.15, -0.1) is 0 Å². The van der Waals surface area contributed by atoms with E-state index in [2.05, 4.69) is 50.3 Å². The van der Waals surface area contributed by atoms with Crippen molar-refractivity contribution in [2.45, 2.75) is 31.1 Å². The molecule has 0 heterocycles. The van der Waals surface area contributed by atoms with Gasteiger partial charge in [-0.1, -0.05) is 50.3 Å². The van der Waals surface area contributed by atoms with Crippen LogP contribution in [0.5, 0.6) is 0 Å². The molecule has 0 aromatic carbocycles. The summed E-state index contributed by atoms with van der Waals surface area (Å²) in [6, 6.07) is 0. The first-order chi connectivity index (χ1) is 2.94. The zero-order valence-corrected chi connectivity index (χ0v) is 8.32. The van der Waals surface area contributed by atoms with Gasteiger partial charge in [0.2, 0.25) is 0 Å². The van der Waals surface area contributed by atoms with Crippen LogP contribution in [0.2, 0.25) is 0 Å². The molecule has 0 atom stereocenters. The summed E-state index contributed by atoms with van der Waals surface area (Å²) in [6.07, 6.45) is 0. The topological polar surface area (TPSA) is 35.0 Å². The molecule has 0 aromatic rings. The number of alkyl halides is 1. The van der Waals surface area contributed by atoms with E-state index in [1.54, 1.807) is 0 Å². The van der Waals surface area contributed by atoms with Gasteiger partial charge in [0.05, 0.1) is 0 Å². The molecule has 2 heteroatoms. The van der Waals surface area contributed by atoms with E-state index in [9.17, 15) is 0 Å².